The molecule has 1 fully saturated rings. The van der Waals surface area contributed by atoms with Gasteiger partial charge in [0.05, 0.1) is 18.1 Å². The minimum atomic E-state index is -0.773. The van der Waals surface area contributed by atoms with Crippen LogP contribution in [0.1, 0.15) is 56.5 Å². The molecule has 1 unspecified atom stereocenters. The molecule has 0 aliphatic heterocycles. The van der Waals surface area contributed by atoms with E-state index in [1.165, 1.54) is 0 Å². The predicted molar refractivity (Wildman–Crippen MR) is 71.3 cm³/mol. The highest BCUT2D eigenvalue weighted by Crippen LogP contribution is 2.32. The second-order valence-electron chi connectivity index (χ2n) is 5.01. The summed E-state index contributed by atoms with van der Waals surface area (Å²) in [6.45, 7) is 2.02. The van der Waals surface area contributed by atoms with Gasteiger partial charge in [0.1, 0.15) is 5.01 Å². The van der Waals surface area contributed by atoms with Crippen LogP contribution in [-0.2, 0) is 4.79 Å². The molecule has 0 bridgehead atoms. The van der Waals surface area contributed by atoms with Gasteiger partial charge in [-0.1, -0.05) is 19.8 Å². The predicted octanol–water partition coefficient (Wildman–Crippen LogP) is 2.41. The molecule has 1 aromatic rings. The van der Waals surface area contributed by atoms with Gasteiger partial charge < -0.3 is 10.4 Å². The van der Waals surface area contributed by atoms with E-state index in [0.29, 0.717) is 0 Å². The lowest BCUT2D eigenvalue weighted by atomic mass is 9.97. The Morgan fingerprint density at radius 3 is 2.89 bits per heavy atom. The van der Waals surface area contributed by atoms with E-state index in [4.69, 9.17) is 0 Å². The normalized spacial score (nSPS) is 19.7. The summed E-state index contributed by atoms with van der Waals surface area (Å²) >= 11 is 1.55. The highest BCUT2D eigenvalue weighted by Gasteiger charge is 2.33. The molecule has 1 heterocycles. The van der Waals surface area contributed by atoms with E-state index in [1.54, 1.807) is 17.5 Å². The van der Waals surface area contributed by atoms with Gasteiger partial charge in [-0.3, -0.25) is 4.79 Å². The van der Waals surface area contributed by atoms with Crippen molar-refractivity contribution in [3.8, 4) is 0 Å². The molecule has 2 N–H and O–H groups in total. The zero-order chi connectivity index (χ0) is 13.0. The van der Waals surface area contributed by atoms with E-state index >= 15 is 0 Å². The topological polar surface area (TPSA) is 62.2 Å². The standard InChI is InChI=1S/C13H20N2O2S/c1-2-10(12-14-7-8-18-12)15-11(16)9-13(17)5-3-4-6-13/h7-8,10,17H,2-6,9H2,1H3,(H,15,16). The van der Waals surface area contributed by atoms with Crippen LogP contribution in [-0.4, -0.2) is 21.6 Å². The van der Waals surface area contributed by atoms with Crippen LogP contribution in [0, 0.1) is 0 Å². The zero-order valence-electron chi connectivity index (χ0n) is 10.7. The summed E-state index contributed by atoms with van der Waals surface area (Å²) < 4.78 is 0. The number of amides is 1. The first-order valence-corrected chi connectivity index (χ1v) is 7.42. The van der Waals surface area contributed by atoms with Crippen LogP contribution in [0.15, 0.2) is 11.6 Å². The molecule has 100 valence electrons. The minimum absolute atomic E-state index is 0.0255. The Hall–Kier alpha value is -0.940. The molecule has 18 heavy (non-hydrogen) atoms. The lowest BCUT2D eigenvalue weighted by Crippen LogP contribution is -2.36. The summed E-state index contributed by atoms with van der Waals surface area (Å²) in [5, 5.41) is 16.0. The van der Waals surface area contributed by atoms with E-state index in [9.17, 15) is 9.90 Å². The molecule has 2 rings (SSSR count). The van der Waals surface area contributed by atoms with Gasteiger partial charge >= 0.3 is 0 Å². The van der Waals surface area contributed by atoms with E-state index in [2.05, 4.69) is 10.3 Å². The van der Waals surface area contributed by atoms with Crippen molar-refractivity contribution in [2.75, 3.05) is 0 Å². The lowest BCUT2D eigenvalue weighted by Gasteiger charge is -2.23. The molecule has 0 radical (unpaired) electrons. The fraction of sp³-hybridized carbons (Fsp3) is 0.692. The highest BCUT2D eigenvalue weighted by molar-refractivity contribution is 7.09. The summed E-state index contributed by atoms with van der Waals surface area (Å²) in [5.41, 5.74) is -0.773. The number of rotatable bonds is 5. The molecule has 1 saturated carbocycles. The first-order chi connectivity index (χ1) is 8.63. The van der Waals surface area contributed by atoms with Gasteiger partial charge in [-0.2, -0.15) is 0 Å². The van der Waals surface area contributed by atoms with Crippen molar-refractivity contribution in [2.24, 2.45) is 0 Å². The third-order valence-corrected chi connectivity index (χ3v) is 4.41. The Labute approximate surface area is 111 Å². The van der Waals surface area contributed by atoms with Crippen LogP contribution < -0.4 is 5.32 Å². The molecule has 1 aliphatic carbocycles. The van der Waals surface area contributed by atoms with Gasteiger partial charge in [0.25, 0.3) is 0 Å². The Bertz CT molecular complexity index is 386. The minimum Gasteiger partial charge on any atom is -0.389 e. The average molecular weight is 268 g/mol. The molecule has 0 aromatic carbocycles. The summed E-state index contributed by atoms with van der Waals surface area (Å²) in [4.78, 5) is 16.2. The summed E-state index contributed by atoms with van der Waals surface area (Å²) in [6.07, 6.45) is 6.32. The monoisotopic (exact) mass is 268 g/mol. The Morgan fingerprint density at radius 1 is 1.61 bits per heavy atom. The number of thiazole rings is 1. The molecule has 1 aliphatic rings. The SMILES string of the molecule is CCC(NC(=O)CC1(O)CCCC1)c1nccs1. The Balaban J connectivity index is 1.90. The van der Waals surface area contributed by atoms with Crippen molar-refractivity contribution >= 4 is 17.2 Å². The second kappa shape index (κ2) is 5.80. The second-order valence-corrected chi connectivity index (χ2v) is 5.93. The fourth-order valence-corrected chi connectivity index (χ4v) is 3.27. The number of carbonyl (C=O) groups excluding carboxylic acids is 1. The molecule has 1 aromatic heterocycles. The highest BCUT2D eigenvalue weighted by atomic mass is 32.1. The van der Waals surface area contributed by atoms with E-state index in [0.717, 1.165) is 37.1 Å². The molecule has 4 nitrogen and oxygen atoms in total. The summed E-state index contributed by atoms with van der Waals surface area (Å²) in [5.74, 6) is -0.0681. The van der Waals surface area contributed by atoms with Gasteiger partial charge in [-0.05, 0) is 19.3 Å². The van der Waals surface area contributed by atoms with Crippen LogP contribution in [0.25, 0.3) is 0 Å². The zero-order valence-corrected chi connectivity index (χ0v) is 11.5. The van der Waals surface area contributed by atoms with Crippen molar-refractivity contribution < 1.29 is 9.90 Å². The molecular formula is C13H20N2O2S. The van der Waals surface area contributed by atoms with E-state index < -0.39 is 5.60 Å². The Kier molecular flexibility index (Phi) is 4.35. The van der Waals surface area contributed by atoms with Crippen molar-refractivity contribution in [2.45, 2.75) is 57.1 Å². The van der Waals surface area contributed by atoms with Gasteiger partial charge in [-0.15, -0.1) is 11.3 Å². The quantitative estimate of drug-likeness (QED) is 0.862. The maximum absolute atomic E-state index is 12.0. The Morgan fingerprint density at radius 2 is 2.33 bits per heavy atom. The molecule has 0 spiro atoms. The number of nitrogens with zero attached hydrogens (tertiary/aromatic N) is 1. The van der Waals surface area contributed by atoms with Crippen molar-refractivity contribution in [3.05, 3.63) is 16.6 Å². The summed E-state index contributed by atoms with van der Waals surface area (Å²) in [6, 6.07) is -0.0255. The van der Waals surface area contributed by atoms with Crippen LogP contribution in [0.3, 0.4) is 0 Å². The molecular weight excluding hydrogens is 248 g/mol. The van der Waals surface area contributed by atoms with Crippen LogP contribution >= 0.6 is 11.3 Å². The number of aliphatic hydroxyl groups is 1. The first-order valence-electron chi connectivity index (χ1n) is 6.54. The number of hydrogen-bond acceptors (Lipinski definition) is 4. The van der Waals surface area contributed by atoms with Gasteiger partial charge in [0, 0.05) is 11.6 Å². The van der Waals surface area contributed by atoms with Crippen LogP contribution in [0.2, 0.25) is 0 Å². The van der Waals surface area contributed by atoms with Crippen molar-refractivity contribution in [3.63, 3.8) is 0 Å². The third kappa shape index (κ3) is 3.29. The number of nitrogens with one attached hydrogen (secondary N) is 1. The first kappa shape index (κ1) is 13.5. The number of aromatic nitrogens is 1. The van der Waals surface area contributed by atoms with E-state index in [-0.39, 0.29) is 18.4 Å². The molecule has 1 amide bonds. The van der Waals surface area contributed by atoms with Crippen molar-refractivity contribution in [1.82, 2.24) is 10.3 Å². The van der Waals surface area contributed by atoms with Gasteiger partial charge in [-0.25, -0.2) is 4.98 Å². The number of hydrogen-bond donors (Lipinski definition) is 2. The maximum atomic E-state index is 12.0. The van der Waals surface area contributed by atoms with Crippen LogP contribution in [0.5, 0.6) is 0 Å². The third-order valence-electron chi connectivity index (χ3n) is 3.52. The molecule has 5 heteroatoms. The lowest BCUT2D eigenvalue weighted by molar-refractivity contribution is -0.126. The van der Waals surface area contributed by atoms with Crippen molar-refractivity contribution in [1.29, 1.82) is 0 Å². The molecule has 1 atom stereocenters. The average Bonchev–Trinajstić information content (AvgIpc) is 2.97. The van der Waals surface area contributed by atoms with Gasteiger partial charge in [0.2, 0.25) is 5.91 Å². The fourth-order valence-electron chi connectivity index (χ4n) is 2.50. The smallest absolute Gasteiger partial charge is 0.223 e. The maximum Gasteiger partial charge on any atom is 0.223 e. The van der Waals surface area contributed by atoms with E-state index in [1.807, 2.05) is 12.3 Å². The number of carbonyl (C=O) groups is 1. The summed E-state index contributed by atoms with van der Waals surface area (Å²) in [7, 11) is 0. The largest absolute Gasteiger partial charge is 0.389 e. The molecule has 0 saturated heterocycles. The van der Waals surface area contributed by atoms with Gasteiger partial charge in [0.15, 0.2) is 0 Å². The van der Waals surface area contributed by atoms with Crippen LogP contribution in [0.4, 0.5) is 0 Å².